The van der Waals surface area contributed by atoms with Gasteiger partial charge in [0.15, 0.2) is 11.6 Å². The summed E-state index contributed by atoms with van der Waals surface area (Å²) in [6, 6.07) is 3.87. The van der Waals surface area contributed by atoms with E-state index >= 15 is 0 Å². The van der Waals surface area contributed by atoms with Gasteiger partial charge in [0, 0.05) is 36.1 Å². The number of benzene rings is 1. The molecular formula is C13H14ClF2N3OS. The van der Waals surface area contributed by atoms with E-state index in [1.165, 1.54) is 6.07 Å². The number of hydrogen-bond acceptors (Lipinski definition) is 5. The Morgan fingerprint density at radius 3 is 2.90 bits per heavy atom. The van der Waals surface area contributed by atoms with Gasteiger partial charge in [0.1, 0.15) is 0 Å². The molecule has 1 aromatic heterocycles. The minimum atomic E-state index is -0.917. The highest BCUT2D eigenvalue weighted by molar-refractivity contribution is 7.99. The summed E-state index contributed by atoms with van der Waals surface area (Å²) in [6.07, 6.45) is 0.643. The number of rotatable bonds is 3. The van der Waals surface area contributed by atoms with E-state index in [2.05, 4.69) is 15.5 Å². The number of aromatic nitrogens is 2. The molecule has 1 saturated heterocycles. The number of nitrogens with zero attached hydrogens (tertiary/aromatic N) is 2. The van der Waals surface area contributed by atoms with Gasteiger partial charge < -0.3 is 9.84 Å². The molecule has 4 nitrogen and oxygen atoms in total. The Kier molecular flexibility index (Phi) is 5.55. The fourth-order valence-electron chi connectivity index (χ4n) is 2.05. The smallest absolute Gasteiger partial charge is 0.228 e. The first kappa shape index (κ1) is 16.2. The van der Waals surface area contributed by atoms with Crippen LogP contribution >= 0.6 is 24.2 Å². The van der Waals surface area contributed by atoms with Gasteiger partial charge >= 0.3 is 0 Å². The maximum absolute atomic E-state index is 13.2. The summed E-state index contributed by atoms with van der Waals surface area (Å²) in [5.41, 5.74) is 0.407. The Bertz CT molecular complexity index is 605. The van der Waals surface area contributed by atoms with Crippen LogP contribution in [0.1, 0.15) is 5.89 Å². The zero-order chi connectivity index (χ0) is 13.9. The zero-order valence-electron chi connectivity index (χ0n) is 11.0. The van der Waals surface area contributed by atoms with Gasteiger partial charge in [-0.15, -0.1) is 12.4 Å². The lowest BCUT2D eigenvalue weighted by atomic mass is 10.2. The highest BCUT2D eigenvalue weighted by Gasteiger charge is 2.18. The maximum atomic E-state index is 13.2. The molecule has 0 bridgehead atoms. The molecule has 0 radical (unpaired) electrons. The van der Waals surface area contributed by atoms with Gasteiger partial charge in [-0.3, -0.25) is 0 Å². The molecule has 1 aliphatic heterocycles. The van der Waals surface area contributed by atoms with Crippen LogP contribution in [0.2, 0.25) is 0 Å². The summed E-state index contributed by atoms with van der Waals surface area (Å²) >= 11 is 1.89. The third kappa shape index (κ3) is 3.93. The van der Waals surface area contributed by atoms with Gasteiger partial charge in [0.25, 0.3) is 0 Å². The Labute approximate surface area is 131 Å². The Morgan fingerprint density at radius 1 is 1.33 bits per heavy atom. The summed E-state index contributed by atoms with van der Waals surface area (Å²) in [4.78, 5) is 4.23. The van der Waals surface area contributed by atoms with E-state index in [1.807, 2.05) is 11.8 Å². The third-order valence-corrected chi connectivity index (χ3v) is 4.20. The molecule has 1 aromatic carbocycles. The summed E-state index contributed by atoms with van der Waals surface area (Å²) in [6.45, 7) is 0.972. The second kappa shape index (κ2) is 7.20. The summed E-state index contributed by atoms with van der Waals surface area (Å²) in [5, 5.41) is 7.19. The van der Waals surface area contributed by atoms with Gasteiger partial charge in [-0.25, -0.2) is 8.78 Å². The summed E-state index contributed by atoms with van der Waals surface area (Å²) in [7, 11) is 0. The average Bonchev–Trinajstić information content (AvgIpc) is 2.91. The van der Waals surface area contributed by atoms with Crippen molar-refractivity contribution in [3.05, 3.63) is 35.7 Å². The van der Waals surface area contributed by atoms with Crippen LogP contribution in [-0.2, 0) is 6.42 Å². The van der Waals surface area contributed by atoms with Crippen LogP contribution < -0.4 is 5.32 Å². The lowest BCUT2D eigenvalue weighted by molar-refractivity contribution is 0.363. The lowest BCUT2D eigenvalue weighted by Crippen LogP contribution is -2.38. The van der Waals surface area contributed by atoms with Crippen molar-refractivity contribution in [3.8, 4) is 11.4 Å². The van der Waals surface area contributed by atoms with E-state index in [9.17, 15) is 8.78 Å². The Balaban J connectivity index is 0.00000161. The topological polar surface area (TPSA) is 51.0 Å². The predicted molar refractivity (Wildman–Crippen MR) is 79.7 cm³/mol. The van der Waals surface area contributed by atoms with Crippen LogP contribution in [0, 0.1) is 11.6 Å². The minimum absolute atomic E-state index is 0. The van der Waals surface area contributed by atoms with Crippen LogP contribution in [0.15, 0.2) is 22.7 Å². The SMILES string of the molecule is Cl.Fc1ccc(-c2noc(CC3CSCCN3)n2)cc1F. The first-order valence-corrected chi connectivity index (χ1v) is 7.47. The summed E-state index contributed by atoms with van der Waals surface area (Å²) < 4.78 is 31.2. The van der Waals surface area contributed by atoms with Crippen LogP contribution in [0.25, 0.3) is 11.4 Å². The van der Waals surface area contributed by atoms with Gasteiger partial charge in [-0.2, -0.15) is 16.7 Å². The van der Waals surface area contributed by atoms with Crippen molar-refractivity contribution in [3.63, 3.8) is 0 Å². The number of hydrogen-bond donors (Lipinski definition) is 1. The van der Waals surface area contributed by atoms with Gasteiger partial charge in [-0.1, -0.05) is 5.16 Å². The normalized spacial score (nSPS) is 18.3. The van der Waals surface area contributed by atoms with Crippen molar-refractivity contribution in [2.24, 2.45) is 0 Å². The fourth-order valence-corrected chi connectivity index (χ4v) is 3.00. The fraction of sp³-hybridized carbons (Fsp3) is 0.385. The largest absolute Gasteiger partial charge is 0.339 e. The maximum Gasteiger partial charge on any atom is 0.228 e. The van der Waals surface area contributed by atoms with Crippen molar-refractivity contribution in [2.45, 2.75) is 12.5 Å². The summed E-state index contributed by atoms with van der Waals surface area (Å²) in [5.74, 6) is 1.09. The monoisotopic (exact) mass is 333 g/mol. The molecule has 1 unspecified atom stereocenters. The Morgan fingerprint density at radius 2 is 2.19 bits per heavy atom. The van der Waals surface area contributed by atoms with Crippen LogP contribution in [0.3, 0.4) is 0 Å². The molecule has 0 spiro atoms. The number of thioether (sulfide) groups is 1. The molecule has 0 saturated carbocycles. The van der Waals surface area contributed by atoms with Crippen molar-refractivity contribution < 1.29 is 13.3 Å². The number of nitrogens with one attached hydrogen (secondary N) is 1. The highest BCUT2D eigenvalue weighted by Crippen LogP contribution is 2.19. The van der Waals surface area contributed by atoms with E-state index in [4.69, 9.17) is 4.52 Å². The minimum Gasteiger partial charge on any atom is -0.339 e. The Hall–Kier alpha value is -1.18. The number of halogens is 3. The molecule has 2 heterocycles. The predicted octanol–water partition coefficient (Wildman–Crippen LogP) is 2.68. The lowest BCUT2D eigenvalue weighted by Gasteiger charge is -2.21. The zero-order valence-corrected chi connectivity index (χ0v) is 12.6. The molecule has 3 rings (SSSR count). The van der Waals surface area contributed by atoms with E-state index in [0.717, 1.165) is 30.2 Å². The average molecular weight is 334 g/mol. The second-order valence-electron chi connectivity index (χ2n) is 4.57. The van der Waals surface area contributed by atoms with Crippen molar-refractivity contribution >= 4 is 24.2 Å². The van der Waals surface area contributed by atoms with Gasteiger partial charge in [0.05, 0.1) is 0 Å². The molecule has 2 aromatic rings. The van der Waals surface area contributed by atoms with Crippen molar-refractivity contribution in [2.75, 3.05) is 18.1 Å². The molecule has 21 heavy (non-hydrogen) atoms. The first-order valence-electron chi connectivity index (χ1n) is 6.31. The molecule has 1 atom stereocenters. The van der Waals surface area contributed by atoms with E-state index < -0.39 is 11.6 Å². The van der Waals surface area contributed by atoms with Crippen molar-refractivity contribution in [1.82, 2.24) is 15.5 Å². The standard InChI is InChI=1S/C13H13F2N3OS.ClH/c14-10-2-1-8(5-11(10)15)13-17-12(19-18-13)6-9-7-20-4-3-16-9;/h1-2,5,9,16H,3-4,6-7H2;1H. The molecule has 8 heteroatoms. The third-order valence-electron chi connectivity index (χ3n) is 3.07. The van der Waals surface area contributed by atoms with E-state index in [0.29, 0.717) is 23.9 Å². The molecular weight excluding hydrogens is 320 g/mol. The van der Waals surface area contributed by atoms with Crippen molar-refractivity contribution in [1.29, 1.82) is 0 Å². The van der Waals surface area contributed by atoms with E-state index in [-0.39, 0.29) is 18.2 Å². The van der Waals surface area contributed by atoms with Crippen LogP contribution in [-0.4, -0.2) is 34.2 Å². The van der Waals surface area contributed by atoms with Gasteiger partial charge in [-0.05, 0) is 18.2 Å². The first-order chi connectivity index (χ1) is 9.72. The molecule has 1 aliphatic rings. The molecule has 0 aliphatic carbocycles. The molecule has 1 N–H and O–H groups in total. The van der Waals surface area contributed by atoms with Gasteiger partial charge in [0.2, 0.25) is 11.7 Å². The molecule has 0 amide bonds. The molecule has 114 valence electrons. The highest BCUT2D eigenvalue weighted by atomic mass is 35.5. The second-order valence-corrected chi connectivity index (χ2v) is 5.72. The van der Waals surface area contributed by atoms with Crippen LogP contribution in [0.4, 0.5) is 8.78 Å². The van der Waals surface area contributed by atoms with E-state index in [1.54, 1.807) is 0 Å². The quantitative estimate of drug-likeness (QED) is 0.936. The molecule has 1 fully saturated rings. The van der Waals surface area contributed by atoms with Crippen LogP contribution in [0.5, 0.6) is 0 Å².